The van der Waals surface area contributed by atoms with Crippen molar-refractivity contribution in [3.63, 3.8) is 0 Å². The second-order valence-electron chi connectivity index (χ2n) is 7.97. The second-order valence-corrected chi connectivity index (χ2v) is 7.97. The molecule has 2 rings (SSSR count). The van der Waals surface area contributed by atoms with Gasteiger partial charge >= 0.3 is 0 Å². The predicted octanol–water partition coefficient (Wildman–Crippen LogP) is 4.42. The van der Waals surface area contributed by atoms with E-state index in [1.807, 2.05) is 12.3 Å². The molecule has 0 saturated carbocycles. The van der Waals surface area contributed by atoms with Crippen LogP contribution in [0.3, 0.4) is 0 Å². The van der Waals surface area contributed by atoms with Crippen LogP contribution in [0.4, 0.5) is 4.39 Å². The zero-order chi connectivity index (χ0) is 15.8. The molecule has 2 nitrogen and oxygen atoms in total. The highest BCUT2D eigenvalue weighted by atomic mass is 19.1. The maximum Gasteiger partial charge on any atom is 0.186 e. The topological polar surface area (TPSA) is 20.3 Å². The van der Waals surface area contributed by atoms with Gasteiger partial charge in [-0.2, -0.15) is 0 Å². The van der Waals surface area contributed by atoms with Crippen LogP contribution in [0.25, 0.3) is 0 Å². The van der Waals surface area contributed by atoms with E-state index >= 15 is 0 Å². The van der Waals surface area contributed by atoms with Gasteiger partial charge < -0.3 is 4.90 Å². The number of carbonyl (C=O) groups excluding carboxylic acids is 1. The van der Waals surface area contributed by atoms with E-state index in [2.05, 4.69) is 39.5 Å². The molecule has 0 aromatic heterocycles. The molecule has 0 amide bonds. The molecule has 3 heteroatoms. The van der Waals surface area contributed by atoms with Crippen LogP contribution in [-0.2, 0) is 4.79 Å². The summed E-state index contributed by atoms with van der Waals surface area (Å²) in [6.45, 7) is 11.7. The van der Waals surface area contributed by atoms with E-state index in [-0.39, 0.29) is 16.7 Å². The molecule has 0 saturated heterocycles. The van der Waals surface area contributed by atoms with E-state index in [0.717, 1.165) is 24.1 Å². The van der Waals surface area contributed by atoms with Gasteiger partial charge in [0, 0.05) is 23.9 Å². The molecule has 0 bridgehead atoms. The van der Waals surface area contributed by atoms with E-state index in [0.29, 0.717) is 19.3 Å². The summed E-state index contributed by atoms with van der Waals surface area (Å²) in [4.78, 5) is 15.1. The Kier molecular flexibility index (Phi) is 4.32. The standard InChI is InChI=1S/C18H28FNO/c1-17(2,3)20-11-10-18(4,5)15(12-20)16(21)13-6-8-14(19)9-7-13/h6,12,14H,7-11H2,1-5H3. The average Bonchev–Trinajstić information content (AvgIpc) is 2.37. The van der Waals surface area contributed by atoms with Crippen LogP contribution < -0.4 is 0 Å². The summed E-state index contributed by atoms with van der Waals surface area (Å²) in [6, 6.07) is 0. The molecule has 0 fully saturated rings. The van der Waals surface area contributed by atoms with Crippen molar-refractivity contribution in [2.75, 3.05) is 6.54 Å². The fourth-order valence-electron chi connectivity index (χ4n) is 3.01. The Balaban J connectivity index is 2.29. The Morgan fingerprint density at radius 1 is 1.38 bits per heavy atom. The SMILES string of the molecule is CC1(C)CCN(C(C)(C)C)C=C1C(=O)C1=CCC(F)CC1. The summed E-state index contributed by atoms with van der Waals surface area (Å²) in [5, 5.41) is 0. The molecule has 1 atom stereocenters. The van der Waals surface area contributed by atoms with E-state index < -0.39 is 6.17 Å². The molecule has 0 aromatic carbocycles. The van der Waals surface area contributed by atoms with Gasteiger partial charge in [0.15, 0.2) is 5.78 Å². The van der Waals surface area contributed by atoms with Gasteiger partial charge in [-0.3, -0.25) is 4.79 Å². The highest BCUT2D eigenvalue weighted by Crippen LogP contribution is 2.39. The zero-order valence-corrected chi connectivity index (χ0v) is 14.0. The normalized spacial score (nSPS) is 26.2. The molecule has 2 aliphatic rings. The molecular formula is C18H28FNO. The molecule has 21 heavy (non-hydrogen) atoms. The maximum absolute atomic E-state index is 13.3. The minimum Gasteiger partial charge on any atom is -0.372 e. The third-order valence-electron chi connectivity index (χ3n) is 4.74. The first-order valence-corrected chi connectivity index (χ1v) is 7.98. The molecule has 1 aliphatic carbocycles. The lowest BCUT2D eigenvalue weighted by Gasteiger charge is -2.43. The number of hydrogen-bond donors (Lipinski definition) is 0. The lowest BCUT2D eigenvalue weighted by molar-refractivity contribution is -0.113. The van der Waals surface area contributed by atoms with Gasteiger partial charge in [-0.05, 0) is 57.4 Å². The number of rotatable bonds is 2. The number of Topliss-reactive ketones (excluding diaryl/α,β-unsaturated/α-hetero) is 1. The monoisotopic (exact) mass is 293 g/mol. The molecule has 0 aromatic rings. The first-order chi connectivity index (χ1) is 9.61. The molecule has 0 spiro atoms. The summed E-state index contributed by atoms with van der Waals surface area (Å²) in [5.41, 5.74) is 1.60. The Bertz CT molecular complexity index is 482. The molecule has 118 valence electrons. The van der Waals surface area contributed by atoms with Crippen LogP contribution in [0.1, 0.15) is 60.3 Å². The quantitative estimate of drug-likeness (QED) is 0.751. The summed E-state index contributed by atoms with van der Waals surface area (Å²) in [5.74, 6) is 0.126. The number of nitrogens with zero attached hydrogens (tertiary/aromatic N) is 1. The van der Waals surface area contributed by atoms with Crippen molar-refractivity contribution in [2.24, 2.45) is 5.41 Å². The summed E-state index contributed by atoms with van der Waals surface area (Å²) < 4.78 is 13.3. The number of alkyl halides is 1. The van der Waals surface area contributed by atoms with Gasteiger partial charge in [-0.1, -0.05) is 19.9 Å². The minimum absolute atomic E-state index is 0.0208. The average molecular weight is 293 g/mol. The number of halogens is 1. The fourth-order valence-corrected chi connectivity index (χ4v) is 3.01. The molecule has 1 unspecified atom stereocenters. The van der Waals surface area contributed by atoms with E-state index in [9.17, 15) is 9.18 Å². The molecule has 1 heterocycles. The summed E-state index contributed by atoms with van der Waals surface area (Å²) in [6.07, 6.45) is 5.49. The van der Waals surface area contributed by atoms with Crippen LogP contribution >= 0.6 is 0 Å². The van der Waals surface area contributed by atoms with Crippen molar-refractivity contribution < 1.29 is 9.18 Å². The highest BCUT2D eigenvalue weighted by Gasteiger charge is 2.36. The first kappa shape index (κ1) is 16.3. The zero-order valence-electron chi connectivity index (χ0n) is 14.0. The van der Waals surface area contributed by atoms with Gasteiger partial charge in [0.2, 0.25) is 0 Å². The van der Waals surface area contributed by atoms with Crippen molar-refractivity contribution in [3.05, 3.63) is 23.4 Å². The predicted molar refractivity (Wildman–Crippen MR) is 84.8 cm³/mol. The second kappa shape index (κ2) is 5.58. The lowest BCUT2D eigenvalue weighted by atomic mass is 9.74. The van der Waals surface area contributed by atoms with Gasteiger partial charge in [0.1, 0.15) is 6.17 Å². The van der Waals surface area contributed by atoms with Gasteiger partial charge in [0.25, 0.3) is 0 Å². The fraction of sp³-hybridized carbons (Fsp3) is 0.722. The van der Waals surface area contributed by atoms with Crippen LogP contribution in [-0.4, -0.2) is 28.9 Å². The largest absolute Gasteiger partial charge is 0.372 e. The van der Waals surface area contributed by atoms with Crippen molar-refractivity contribution in [3.8, 4) is 0 Å². The third-order valence-corrected chi connectivity index (χ3v) is 4.74. The van der Waals surface area contributed by atoms with Crippen molar-refractivity contribution in [1.29, 1.82) is 0 Å². The Morgan fingerprint density at radius 2 is 2.05 bits per heavy atom. The number of allylic oxidation sites excluding steroid dienone is 3. The molecule has 1 aliphatic heterocycles. The van der Waals surface area contributed by atoms with Gasteiger partial charge in [-0.25, -0.2) is 4.39 Å². The summed E-state index contributed by atoms with van der Waals surface area (Å²) >= 11 is 0. The lowest BCUT2D eigenvalue weighted by Crippen LogP contribution is -2.44. The van der Waals surface area contributed by atoms with E-state index in [1.54, 1.807) is 0 Å². The number of ketones is 1. The Morgan fingerprint density at radius 3 is 2.57 bits per heavy atom. The molecule has 0 radical (unpaired) electrons. The first-order valence-electron chi connectivity index (χ1n) is 7.98. The number of hydrogen-bond acceptors (Lipinski definition) is 2. The van der Waals surface area contributed by atoms with Crippen molar-refractivity contribution in [1.82, 2.24) is 4.90 Å². The molecule has 0 N–H and O–H groups in total. The minimum atomic E-state index is -0.777. The van der Waals surface area contributed by atoms with Crippen LogP contribution in [0, 0.1) is 5.41 Å². The highest BCUT2D eigenvalue weighted by molar-refractivity contribution is 6.09. The molecular weight excluding hydrogens is 265 g/mol. The smallest absolute Gasteiger partial charge is 0.186 e. The van der Waals surface area contributed by atoms with Crippen molar-refractivity contribution >= 4 is 5.78 Å². The third kappa shape index (κ3) is 3.56. The van der Waals surface area contributed by atoms with Crippen molar-refractivity contribution in [2.45, 2.75) is 72.0 Å². The summed E-state index contributed by atoms with van der Waals surface area (Å²) in [7, 11) is 0. The van der Waals surface area contributed by atoms with Crippen LogP contribution in [0.5, 0.6) is 0 Å². The van der Waals surface area contributed by atoms with E-state index in [1.165, 1.54) is 0 Å². The number of carbonyl (C=O) groups is 1. The van der Waals surface area contributed by atoms with Gasteiger partial charge in [-0.15, -0.1) is 0 Å². The van der Waals surface area contributed by atoms with Crippen LogP contribution in [0.15, 0.2) is 23.4 Å². The maximum atomic E-state index is 13.3. The van der Waals surface area contributed by atoms with Gasteiger partial charge in [0.05, 0.1) is 0 Å². The Hall–Kier alpha value is -1.12. The van der Waals surface area contributed by atoms with Crippen LogP contribution in [0.2, 0.25) is 0 Å². The Labute approximate surface area is 128 Å². The van der Waals surface area contributed by atoms with E-state index in [4.69, 9.17) is 0 Å².